The molecule has 0 aliphatic heterocycles. The van der Waals surface area contributed by atoms with E-state index in [2.05, 4.69) is 15.6 Å². The van der Waals surface area contributed by atoms with Crippen molar-refractivity contribution >= 4 is 17.4 Å². The zero-order valence-electron chi connectivity index (χ0n) is 10.2. The lowest BCUT2D eigenvalue weighted by molar-refractivity contribution is 0.101. The molecule has 19 heavy (non-hydrogen) atoms. The zero-order chi connectivity index (χ0) is 13.8. The van der Waals surface area contributed by atoms with E-state index in [0.29, 0.717) is 16.9 Å². The van der Waals surface area contributed by atoms with Crippen LogP contribution in [0.5, 0.6) is 0 Å². The van der Waals surface area contributed by atoms with Gasteiger partial charge < -0.3 is 16.3 Å². The Hall–Kier alpha value is -2.83. The van der Waals surface area contributed by atoms with Gasteiger partial charge >= 0.3 is 0 Å². The summed E-state index contributed by atoms with van der Waals surface area (Å²) in [6.45, 7) is 0. The number of anilines is 1. The predicted molar refractivity (Wildman–Crippen MR) is 70.1 cm³/mol. The minimum absolute atomic E-state index is 0.0181. The summed E-state index contributed by atoms with van der Waals surface area (Å²) in [7, 11) is 1.69. The number of rotatable bonds is 3. The molecule has 0 aliphatic carbocycles. The van der Waals surface area contributed by atoms with Gasteiger partial charge in [0.05, 0.1) is 0 Å². The van der Waals surface area contributed by atoms with Crippen LogP contribution in [0.4, 0.5) is 5.69 Å². The van der Waals surface area contributed by atoms with Crippen molar-refractivity contribution in [3.8, 4) is 0 Å². The topological polar surface area (TPSA) is 106 Å². The lowest BCUT2D eigenvalue weighted by Crippen LogP contribution is -2.16. The highest BCUT2D eigenvalue weighted by molar-refractivity contribution is 6.03. The normalized spacial score (nSPS) is 11.3. The van der Waals surface area contributed by atoms with Crippen LogP contribution in [0.15, 0.2) is 41.7 Å². The summed E-state index contributed by atoms with van der Waals surface area (Å²) < 4.78 is 1.49. The highest BCUT2D eigenvalue weighted by Crippen LogP contribution is 2.11. The molecule has 1 aromatic heterocycles. The third-order valence-electron chi connectivity index (χ3n) is 2.60. The number of nitrogens with one attached hydrogen (secondary N) is 1. The molecule has 0 aliphatic rings. The highest BCUT2D eigenvalue weighted by Gasteiger charge is 2.10. The molecule has 7 nitrogen and oxygen atoms in total. The fourth-order valence-corrected chi connectivity index (χ4v) is 1.57. The fraction of sp³-hybridized carbons (Fsp3) is 0.0833. The molecule has 0 fully saturated rings. The minimum atomic E-state index is -0.253. The van der Waals surface area contributed by atoms with E-state index in [1.54, 1.807) is 43.6 Å². The summed E-state index contributed by atoms with van der Waals surface area (Å²) in [5, 5.41) is 18.1. The number of benzene rings is 1. The molecule has 0 saturated carbocycles. The zero-order valence-corrected chi connectivity index (χ0v) is 10.2. The van der Waals surface area contributed by atoms with E-state index < -0.39 is 0 Å². The van der Waals surface area contributed by atoms with Crippen LogP contribution < -0.4 is 11.1 Å². The van der Waals surface area contributed by atoms with Gasteiger partial charge in [0, 0.05) is 24.5 Å². The van der Waals surface area contributed by atoms with Crippen molar-refractivity contribution in [3.05, 3.63) is 47.8 Å². The number of nitrogens with two attached hydrogens (primary N) is 1. The molecule has 2 aromatic rings. The largest absolute Gasteiger partial charge is 0.409 e. The molecule has 0 radical (unpaired) electrons. The van der Waals surface area contributed by atoms with Gasteiger partial charge in [-0.1, -0.05) is 5.16 Å². The van der Waals surface area contributed by atoms with Crippen LogP contribution in [0.1, 0.15) is 16.1 Å². The molecule has 0 bridgehead atoms. The monoisotopic (exact) mass is 259 g/mol. The summed E-state index contributed by atoms with van der Waals surface area (Å²) in [6.07, 6.45) is 1.55. The van der Waals surface area contributed by atoms with E-state index in [9.17, 15) is 4.79 Å². The van der Waals surface area contributed by atoms with Gasteiger partial charge in [-0.05, 0) is 30.3 Å². The van der Waals surface area contributed by atoms with Crippen LogP contribution >= 0.6 is 0 Å². The Kier molecular flexibility index (Phi) is 3.46. The third-order valence-corrected chi connectivity index (χ3v) is 2.60. The van der Waals surface area contributed by atoms with Crippen molar-refractivity contribution in [2.75, 3.05) is 5.32 Å². The van der Waals surface area contributed by atoms with Crippen molar-refractivity contribution in [1.82, 2.24) is 9.78 Å². The number of hydrogen-bond acceptors (Lipinski definition) is 4. The Morgan fingerprint density at radius 2 is 2.05 bits per heavy atom. The number of nitrogens with zero attached hydrogens (tertiary/aromatic N) is 3. The number of aryl methyl sites for hydroxylation is 1. The maximum Gasteiger partial charge on any atom is 0.273 e. The van der Waals surface area contributed by atoms with E-state index >= 15 is 0 Å². The number of amidine groups is 1. The molecule has 0 spiro atoms. The van der Waals surface area contributed by atoms with Crippen molar-refractivity contribution < 1.29 is 10.0 Å². The Morgan fingerprint density at radius 1 is 1.37 bits per heavy atom. The van der Waals surface area contributed by atoms with Crippen LogP contribution in [0.25, 0.3) is 0 Å². The fourth-order valence-electron chi connectivity index (χ4n) is 1.57. The summed E-state index contributed by atoms with van der Waals surface area (Å²) in [6, 6.07) is 8.26. The molecule has 2 rings (SSSR count). The van der Waals surface area contributed by atoms with E-state index in [1.165, 1.54) is 4.68 Å². The van der Waals surface area contributed by atoms with Gasteiger partial charge in [0.25, 0.3) is 5.91 Å². The van der Waals surface area contributed by atoms with Gasteiger partial charge in [-0.15, -0.1) is 0 Å². The molecular formula is C12H13N5O2. The first-order valence-corrected chi connectivity index (χ1v) is 5.49. The van der Waals surface area contributed by atoms with Crippen molar-refractivity contribution in [2.45, 2.75) is 0 Å². The van der Waals surface area contributed by atoms with E-state index in [-0.39, 0.29) is 11.7 Å². The Bertz CT molecular complexity index is 615. The molecule has 1 aromatic carbocycles. The minimum Gasteiger partial charge on any atom is -0.409 e. The summed E-state index contributed by atoms with van der Waals surface area (Å²) in [5.41, 5.74) is 7.08. The Balaban J connectivity index is 2.12. The number of hydrogen-bond donors (Lipinski definition) is 3. The van der Waals surface area contributed by atoms with Crippen LogP contribution in [-0.2, 0) is 7.05 Å². The van der Waals surface area contributed by atoms with Crippen LogP contribution in [0.3, 0.4) is 0 Å². The quantitative estimate of drug-likeness (QED) is 0.327. The van der Waals surface area contributed by atoms with Crippen molar-refractivity contribution in [1.29, 1.82) is 0 Å². The van der Waals surface area contributed by atoms with Crippen LogP contribution in [-0.4, -0.2) is 26.7 Å². The second kappa shape index (κ2) is 5.21. The van der Waals surface area contributed by atoms with Crippen molar-refractivity contribution in [3.63, 3.8) is 0 Å². The first kappa shape index (κ1) is 12.6. The van der Waals surface area contributed by atoms with Gasteiger partial charge in [-0.2, -0.15) is 5.10 Å². The molecule has 7 heteroatoms. The number of amides is 1. The second-order valence-electron chi connectivity index (χ2n) is 3.86. The molecule has 0 unspecified atom stereocenters. The maximum atomic E-state index is 11.9. The van der Waals surface area contributed by atoms with E-state index in [1.807, 2.05) is 0 Å². The molecule has 4 N–H and O–H groups in total. The second-order valence-corrected chi connectivity index (χ2v) is 3.86. The van der Waals surface area contributed by atoms with Crippen molar-refractivity contribution in [2.24, 2.45) is 17.9 Å². The average Bonchev–Trinajstić information content (AvgIpc) is 2.85. The summed E-state index contributed by atoms with van der Waals surface area (Å²) >= 11 is 0. The maximum absolute atomic E-state index is 11.9. The number of carbonyl (C=O) groups excluding carboxylic acids is 1. The van der Waals surface area contributed by atoms with Crippen LogP contribution in [0, 0.1) is 0 Å². The lowest BCUT2D eigenvalue weighted by Gasteiger charge is -2.06. The number of oxime groups is 1. The summed E-state index contributed by atoms with van der Waals surface area (Å²) in [4.78, 5) is 11.9. The smallest absolute Gasteiger partial charge is 0.273 e. The van der Waals surface area contributed by atoms with E-state index in [0.717, 1.165) is 0 Å². The van der Waals surface area contributed by atoms with E-state index in [4.69, 9.17) is 10.9 Å². The highest BCUT2D eigenvalue weighted by atomic mass is 16.4. The molecule has 0 saturated heterocycles. The summed E-state index contributed by atoms with van der Waals surface area (Å²) in [5.74, 6) is -0.235. The predicted octanol–water partition coefficient (Wildman–Crippen LogP) is 0.767. The molecule has 98 valence electrons. The number of carbonyl (C=O) groups is 1. The molecular weight excluding hydrogens is 246 g/mol. The number of aromatic nitrogens is 2. The SMILES string of the molecule is Cn1nccc1C(=O)Nc1ccc(C(N)=NO)cc1. The first-order valence-electron chi connectivity index (χ1n) is 5.49. The lowest BCUT2D eigenvalue weighted by atomic mass is 10.2. The van der Waals surface area contributed by atoms with Gasteiger partial charge in [0.1, 0.15) is 5.69 Å². The standard InChI is InChI=1S/C12H13N5O2/c1-17-10(6-7-14-17)12(18)15-9-4-2-8(3-5-9)11(13)16-19/h2-7,19H,1H3,(H2,13,16)(H,15,18). The Labute approximate surface area is 109 Å². The first-order chi connectivity index (χ1) is 9.11. The Morgan fingerprint density at radius 3 is 2.58 bits per heavy atom. The van der Waals surface area contributed by atoms with Gasteiger partial charge in [-0.3, -0.25) is 9.48 Å². The van der Waals surface area contributed by atoms with Gasteiger partial charge in [0.15, 0.2) is 5.84 Å². The third kappa shape index (κ3) is 2.71. The molecule has 1 heterocycles. The molecule has 0 atom stereocenters. The van der Waals surface area contributed by atoms with Crippen LogP contribution in [0.2, 0.25) is 0 Å². The van der Waals surface area contributed by atoms with Gasteiger partial charge in [0.2, 0.25) is 0 Å². The average molecular weight is 259 g/mol. The molecule has 1 amide bonds. The van der Waals surface area contributed by atoms with Gasteiger partial charge in [-0.25, -0.2) is 0 Å².